The minimum atomic E-state index is 1.10. The molecule has 0 atom stereocenters. The summed E-state index contributed by atoms with van der Waals surface area (Å²) in [7, 11) is 4.04. The van der Waals surface area contributed by atoms with Gasteiger partial charge < -0.3 is 0 Å². The molecule has 0 unspecified atom stereocenters. The molecule has 0 rings (SSSR count). The lowest BCUT2D eigenvalue weighted by Gasteiger charge is -2.10. The first kappa shape index (κ1) is 10.3. The van der Waals surface area contributed by atoms with E-state index >= 15 is 0 Å². The average molecular weight is 162 g/mol. The predicted octanol–water partition coefficient (Wildman–Crippen LogP) is 1.20. The standard InChI is InChI=1S/C7H18N2S/c1-4-10-7-5-6-8-9(2)3/h8H,4-7H2,1-3H3. The van der Waals surface area contributed by atoms with Crippen LogP contribution in [0.1, 0.15) is 13.3 Å². The third-order valence-corrected chi connectivity index (χ3v) is 2.08. The molecule has 0 aliphatic carbocycles. The first-order valence-electron chi connectivity index (χ1n) is 3.76. The molecular formula is C7H18N2S. The first-order chi connectivity index (χ1) is 4.77. The van der Waals surface area contributed by atoms with Crippen LogP contribution in [0.15, 0.2) is 0 Å². The minimum Gasteiger partial charge on any atom is -0.256 e. The molecule has 0 aliphatic rings. The number of nitrogens with zero attached hydrogens (tertiary/aromatic N) is 1. The smallest absolute Gasteiger partial charge is 0.0110 e. The Morgan fingerprint density at radius 3 is 2.60 bits per heavy atom. The highest BCUT2D eigenvalue weighted by Crippen LogP contribution is 1.99. The summed E-state index contributed by atoms with van der Waals surface area (Å²) in [6.45, 7) is 3.30. The van der Waals surface area contributed by atoms with Gasteiger partial charge in [-0.05, 0) is 17.9 Å². The van der Waals surface area contributed by atoms with Gasteiger partial charge in [0, 0.05) is 20.6 Å². The quantitative estimate of drug-likeness (QED) is 0.466. The summed E-state index contributed by atoms with van der Waals surface area (Å²) < 4.78 is 0. The van der Waals surface area contributed by atoms with E-state index in [-0.39, 0.29) is 0 Å². The van der Waals surface area contributed by atoms with Gasteiger partial charge in [-0.2, -0.15) is 11.8 Å². The molecule has 0 aromatic carbocycles. The number of hydrogen-bond acceptors (Lipinski definition) is 3. The maximum absolute atomic E-state index is 3.22. The number of hydrazine groups is 1. The van der Waals surface area contributed by atoms with Crippen molar-refractivity contribution in [2.45, 2.75) is 13.3 Å². The van der Waals surface area contributed by atoms with Gasteiger partial charge in [-0.25, -0.2) is 0 Å². The summed E-state index contributed by atoms with van der Waals surface area (Å²) in [5, 5.41) is 2.00. The first-order valence-corrected chi connectivity index (χ1v) is 4.91. The van der Waals surface area contributed by atoms with Crippen molar-refractivity contribution in [3.8, 4) is 0 Å². The van der Waals surface area contributed by atoms with Crippen molar-refractivity contribution in [1.82, 2.24) is 10.4 Å². The van der Waals surface area contributed by atoms with Crippen molar-refractivity contribution in [2.75, 3.05) is 32.1 Å². The molecule has 10 heavy (non-hydrogen) atoms. The maximum Gasteiger partial charge on any atom is 0.0110 e. The normalized spacial score (nSPS) is 10.8. The lowest BCUT2D eigenvalue weighted by atomic mass is 10.5. The topological polar surface area (TPSA) is 15.3 Å². The number of nitrogens with one attached hydrogen (secondary N) is 1. The zero-order valence-electron chi connectivity index (χ0n) is 7.18. The summed E-state index contributed by atoms with van der Waals surface area (Å²) in [6, 6.07) is 0. The summed E-state index contributed by atoms with van der Waals surface area (Å²) in [6.07, 6.45) is 1.26. The molecule has 0 aromatic heterocycles. The Morgan fingerprint density at radius 1 is 1.40 bits per heavy atom. The Balaban J connectivity index is 2.77. The van der Waals surface area contributed by atoms with E-state index in [4.69, 9.17) is 0 Å². The van der Waals surface area contributed by atoms with E-state index < -0.39 is 0 Å². The molecule has 0 saturated carbocycles. The van der Waals surface area contributed by atoms with Gasteiger partial charge in [-0.1, -0.05) is 6.92 Å². The third-order valence-electron chi connectivity index (χ3n) is 1.10. The Bertz CT molecular complexity index is 66.6. The second kappa shape index (κ2) is 7.38. The fourth-order valence-corrected chi connectivity index (χ4v) is 1.26. The van der Waals surface area contributed by atoms with E-state index in [0.717, 1.165) is 6.54 Å². The highest BCUT2D eigenvalue weighted by molar-refractivity contribution is 7.99. The van der Waals surface area contributed by atoms with Crippen LogP contribution in [0.5, 0.6) is 0 Å². The van der Waals surface area contributed by atoms with Gasteiger partial charge in [-0.15, -0.1) is 0 Å². The summed E-state index contributed by atoms with van der Waals surface area (Å²) in [5.41, 5.74) is 3.22. The van der Waals surface area contributed by atoms with Crippen LogP contribution in [-0.2, 0) is 0 Å². The summed E-state index contributed by atoms with van der Waals surface area (Å²) >= 11 is 2.00. The van der Waals surface area contributed by atoms with Crippen LogP contribution < -0.4 is 5.43 Å². The van der Waals surface area contributed by atoms with Crippen molar-refractivity contribution >= 4 is 11.8 Å². The third kappa shape index (κ3) is 8.27. The van der Waals surface area contributed by atoms with Gasteiger partial charge in [0.25, 0.3) is 0 Å². The highest BCUT2D eigenvalue weighted by Gasteiger charge is 1.88. The molecule has 2 nitrogen and oxygen atoms in total. The van der Waals surface area contributed by atoms with Crippen molar-refractivity contribution in [3.05, 3.63) is 0 Å². The Labute approximate surface area is 68.3 Å². The molecule has 1 N–H and O–H groups in total. The SMILES string of the molecule is CCSCCCNN(C)C. The van der Waals surface area contributed by atoms with Crippen LogP contribution in [-0.4, -0.2) is 37.2 Å². The van der Waals surface area contributed by atoms with Crippen molar-refractivity contribution in [3.63, 3.8) is 0 Å². The molecule has 3 heteroatoms. The van der Waals surface area contributed by atoms with Gasteiger partial charge in [-0.3, -0.25) is 10.4 Å². The molecule has 0 saturated heterocycles. The van der Waals surface area contributed by atoms with Gasteiger partial charge >= 0.3 is 0 Å². The second-order valence-corrected chi connectivity index (χ2v) is 3.75. The Hall–Kier alpha value is 0.270. The van der Waals surface area contributed by atoms with Gasteiger partial charge in [0.05, 0.1) is 0 Å². The van der Waals surface area contributed by atoms with E-state index in [2.05, 4.69) is 12.3 Å². The van der Waals surface area contributed by atoms with Crippen LogP contribution in [0.3, 0.4) is 0 Å². The Kier molecular flexibility index (Phi) is 7.58. The summed E-state index contributed by atoms with van der Waals surface area (Å²) in [5.74, 6) is 2.51. The van der Waals surface area contributed by atoms with E-state index in [1.807, 2.05) is 30.9 Å². The predicted molar refractivity (Wildman–Crippen MR) is 49.3 cm³/mol. The monoisotopic (exact) mass is 162 g/mol. The van der Waals surface area contributed by atoms with Crippen LogP contribution in [0.25, 0.3) is 0 Å². The van der Waals surface area contributed by atoms with Gasteiger partial charge in [0.1, 0.15) is 0 Å². The molecule has 0 amide bonds. The van der Waals surface area contributed by atoms with Gasteiger partial charge in [0.15, 0.2) is 0 Å². The molecule has 0 spiro atoms. The molecular weight excluding hydrogens is 144 g/mol. The fraction of sp³-hybridized carbons (Fsp3) is 1.00. The maximum atomic E-state index is 3.22. The zero-order valence-corrected chi connectivity index (χ0v) is 8.00. The van der Waals surface area contributed by atoms with Crippen LogP contribution in [0.4, 0.5) is 0 Å². The van der Waals surface area contributed by atoms with Crippen molar-refractivity contribution in [1.29, 1.82) is 0 Å². The van der Waals surface area contributed by atoms with E-state index in [1.165, 1.54) is 17.9 Å². The number of thioether (sulfide) groups is 1. The number of rotatable bonds is 6. The zero-order chi connectivity index (χ0) is 7.82. The molecule has 0 aliphatic heterocycles. The Morgan fingerprint density at radius 2 is 2.10 bits per heavy atom. The van der Waals surface area contributed by atoms with E-state index in [0.29, 0.717) is 0 Å². The van der Waals surface area contributed by atoms with Crippen LogP contribution in [0.2, 0.25) is 0 Å². The average Bonchev–Trinajstić information content (AvgIpc) is 1.87. The lowest BCUT2D eigenvalue weighted by molar-refractivity contribution is 0.291. The molecule has 0 fully saturated rings. The van der Waals surface area contributed by atoms with E-state index in [1.54, 1.807) is 0 Å². The second-order valence-electron chi connectivity index (χ2n) is 2.35. The molecule has 0 aromatic rings. The minimum absolute atomic E-state index is 1.10. The van der Waals surface area contributed by atoms with Gasteiger partial charge in [0.2, 0.25) is 0 Å². The lowest BCUT2D eigenvalue weighted by Crippen LogP contribution is -2.31. The highest BCUT2D eigenvalue weighted by atomic mass is 32.2. The largest absolute Gasteiger partial charge is 0.256 e. The van der Waals surface area contributed by atoms with Crippen molar-refractivity contribution in [2.24, 2.45) is 0 Å². The fourth-order valence-electron chi connectivity index (χ4n) is 0.621. The van der Waals surface area contributed by atoms with Crippen molar-refractivity contribution < 1.29 is 0 Å². The van der Waals surface area contributed by atoms with Crippen LogP contribution in [0, 0.1) is 0 Å². The molecule has 62 valence electrons. The molecule has 0 radical (unpaired) electrons. The van der Waals surface area contributed by atoms with Crippen LogP contribution >= 0.6 is 11.8 Å². The summed E-state index contributed by atoms with van der Waals surface area (Å²) in [4.78, 5) is 0. The molecule has 0 heterocycles. The van der Waals surface area contributed by atoms with E-state index in [9.17, 15) is 0 Å². The number of hydrogen-bond donors (Lipinski definition) is 1. The molecule has 0 bridgehead atoms.